The summed E-state index contributed by atoms with van der Waals surface area (Å²) in [7, 11) is 0. The zero-order chi connectivity index (χ0) is 23.9. The van der Waals surface area contributed by atoms with Crippen LogP contribution in [0, 0.1) is 0 Å². The fraction of sp³-hybridized carbons (Fsp3) is 0. The SMILES string of the molecule is c1ccc(-c2c(N(c3ccccc3)c3ccccc3)c3ccccc3c3oc4ccccc4c23)cc1. The number of para-hydroxylation sites is 3. The Morgan fingerprint density at radius 1 is 0.444 bits per heavy atom. The maximum absolute atomic E-state index is 6.56. The molecule has 1 heterocycles. The molecule has 0 atom stereocenters. The molecule has 0 saturated heterocycles. The van der Waals surface area contributed by atoms with Crippen molar-refractivity contribution >= 4 is 49.8 Å². The van der Waals surface area contributed by atoms with Gasteiger partial charge in [0.15, 0.2) is 0 Å². The minimum absolute atomic E-state index is 0.901. The summed E-state index contributed by atoms with van der Waals surface area (Å²) in [5, 5.41) is 4.52. The third kappa shape index (κ3) is 3.19. The molecule has 2 heteroatoms. The molecule has 0 unspecified atom stereocenters. The van der Waals surface area contributed by atoms with Crippen LogP contribution in [0.2, 0.25) is 0 Å². The van der Waals surface area contributed by atoms with Gasteiger partial charge in [-0.3, -0.25) is 0 Å². The van der Waals surface area contributed by atoms with Gasteiger partial charge in [0.1, 0.15) is 11.2 Å². The standard InChI is InChI=1S/C34H23NO/c1-4-14-24(15-5-1)31-32-29-22-12-13-23-30(29)36-34(32)28-21-11-10-20-27(28)33(31)35(25-16-6-2-7-17-25)26-18-8-3-9-19-26/h1-23H. The van der Waals surface area contributed by atoms with Crippen molar-refractivity contribution in [1.29, 1.82) is 0 Å². The van der Waals surface area contributed by atoms with E-state index in [0.717, 1.165) is 55.3 Å². The van der Waals surface area contributed by atoms with E-state index < -0.39 is 0 Å². The molecule has 7 rings (SSSR count). The molecule has 6 aromatic carbocycles. The van der Waals surface area contributed by atoms with Gasteiger partial charge < -0.3 is 9.32 Å². The van der Waals surface area contributed by atoms with Crippen LogP contribution < -0.4 is 4.90 Å². The predicted octanol–water partition coefficient (Wildman–Crippen LogP) is 9.88. The molecule has 170 valence electrons. The van der Waals surface area contributed by atoms with E-state index in [2.05, 4.69) is 138 Å². The summed E-state index contributed by atoms with van der Waals surface area (Å²) < 4.78 is 6.56. The second kappa shape index (κ2) is 8.44. The number of hydrogen-bond acceptors (Lipinski definition) is 2. The van der Waals surface area contributed by atoms with Gasteiger partial charge in [-0.15, -0.1) is 0 Å². The number of fused-ring (bicyclic) bond motifs is 5. The number of nitrogens with zero attached hydrogens (tertiary/aromatic N) is 1. The lowest BCUT2D eigenvalue weighted by atomic mass is 9.91. The molecule has 0 amide bonds. The van der Waals surface area contributed by atoms with Gasteiger partial charge in [-0.05, 0) is 35.9 Å². The third-order valence-electron chi connectivity index (χ3n) is 6.82. The number of benzene rings is 6. The van der Waals surface area contributed by atoms with E-state index in [1.54, 1.807) is 0 Å². The lowest BCUT2D eigenvalue weighted by molar-refractivity contribution is 0.673. The fourth-order valence-electron chi connectivity index (χ4n) is 5.30. The summed E-state index contributed by atoms with van der Waals surface area (Å²) in [6.07, 6.45) is 0. The Hall–Kier alpha value is -4.82. The molecule has 36 heavy (non-hydrogen) atoms. The zero-order valence-electron chi connectivity index (χ0n) is 19.6. The summed E-state index contributed by atoms with van der Waals surface area (Å²) in [5.41, 5.74) is 7.52. The zero-order valence-corrected chi connectivity index (χ0v) is 19.6. The maximum atomic E-state index is 6.56. The largest absolute Gasteiger partial charge is 0.455 e. The average Bonchev–Trinajstić information content (AvgIpc) is 3.35. The monoisotopic (exact) mass is 461 g/mol. The lowest BCUT2D eigenvalue weighted by Crippen LogP contribution is -2.12. The van der Waals surface area contributed by atoms with Gasteiger partial charge in [-0.2, -0.15) is 0 Å². The summed E-state index contributed by atoms with van der Waals surface area (Å²) >= 11 is 0. The molecule has 0 aliphatic carbocycles. The van der Waals surface area contributed by atoms with Crippen molar-refractivity contribution in [3.8, 4) is 11.1 Å². The van der Waals surface area contributed by atoms with Crippen LogP contribution in [0.4, 0.5) is 17.1 Å². The highest BCUT2D eigenvalue weighted by Gasteiger charge is 2.26. The van der Waals surface area contributed by atoms with Crippen LogP contribution in [-0.2, 0) is 0 Å². The molecule has 0 spiro atoms. The maximum Gasteiger partial charge on any atom is 0.144 e. The summed E-state index contributed by atoms with van der Waals surface area (Å²) in [6.45, 7) is 0. The normalized spacial score (nSPS) is 11.3. The van der Waals surface area contributed by atoms with Crippen molar-refractivity contribution in [2.24, 2.45) is 0 Å². The average molecular weight is 462 g/mol. The number of furan rings is 1. The molecule has 0 fully saturated rings. The Bertz CT molecular complexity index is 1780. The topological polar surface area (TPSA) is 16.4 Å². The number of hydrogen-bond donors (Lipinski definition) is 0. The van der Waals surface area contributed by atoms with E-state index in [0.29, 0.717) is 0 Å². The molecular formula is C34H23NO. The van der Waals surface area contributed by atoms with Gasteiger partial charge in [0.05, 0.1) is 5.69 Å². The van der Waals surface area contributed by atoms with Crippen LogP contribution in [-0.4, -0.2) is 0 Å². The Morgan fingerprint density at radius 2 is 0.944 bits per heavy atom. The van der Waals surface area contributed by atoms with Crippen LogP contribution in [0.5, 0.6) is 0 Å². The first-order valence-electron chi connectivity index (χ1n) is 12.2. The Kier molecular flexibility index (Phi) is 4.82. The predicted molar refractivity (Wildman–Crippen MR) is 151 cm³/mol. The van der Waals surface area contributed by atoms with Crippen LogP contribution >= 0.6 is 0 Å². The number of rotatable bonds is 4. The fourth-order valence-corrected chi connectivity index (χ4v) is 5.30. The molecule has 0 bridgehead atoms. The molecule has 0 N–H and O–H groups in total. The van der Waals surface area contributed by atoms with Crippen molar-refractivity contribution in [3.05, 3.63) is 140 Å². The van der Waals surface area contributed by atoms with E-state index in [1.807, 2.05) is 6.07 Å². The van der Waals surface area contributed by atoms with Crippen molar-refractivity contribution in [2.75, 3.05) is 4.90 Å². The van der Waals surface area contributed by atoms with Crippen molar-refractivity contribution < 1.29 is 4.42 Å². The molecule has 0 aliphatic rings. The minimum Gasteiger partial charge on any atom is -0.455 e. The van der Waals surface area contributed by atoms with Crippen LogP contribution in [0.25, 0.3) is 43.8 Å². The van der Waals surface area contributed by atoms with Crippen LogP contribution in [0.1, 0.15) is 0 Å². The molecule has 7 aromatic rings. The summed E-state index contributed by atoms with van der Waals surface area (Å²) in [5.74, 6) is 0. The molecule has 1 aromatic heterocycles. The second-order valence-corrected chi connectivity index (χ2v) is 8.94. The molecular weight excluding hydrogens is 438 g/mol. The van der Waals surface area contributed by atoms with Crippen molar-refractivity contribution in [1.82, 2.24) is 0 Å². The van der Waals surface area contributed by atoms with E-state index in [-0.39, 0.29) is 0 Å². The quantitative estimate of drug-likeness (QED) is 0.259. The Labute approximate surface area is 209 Å². The van der Waals surface area contributed by atoms with Crippen LogP contribution in [0.15, 0.2) is 144 Å². The van der Waals surface area contributed by atoms with Crippen molar-refractivity contribution in [3.63, 3.8) is 0 Å². The van der Waals surface area contributed by atoms with E-state index in [4.69, 9.17) is 4.42 Å². The lowest BCUT2D eigenvalue weighted by Gasteiger charge is -2.29. The van der Waals surface area contributed by atoms with E-state index in [9.17, 15) is 0 Å². The van der Waals surface area contributed by atoms with Gasteiger partial charge in [-0.1, -0.05) is 109 Å². The first-order chi connectivity index (χ1) is 17.9. The smallest absolute Gasteiger partial charge is 0.144 e. The van der Waals surface area contributed by atoms with Gasteiger partial charge >= 0.3 is 0 Å². The summed E-state index contributed by atoms with van der Waals surface area (Å²) in [6, 6.07) is 48.9. The second-order valence-electron chi connectivity index (χ2n) is 8.94. The Morgan fingerprint density at radius 3 is 1.58 bits per heavy atom. The highest BCUT2D eigenvalue weighted by Crippen LogP contribution is 2.51. The van der Waals surface area contributed by atoms with Crippen LogP contribution in [0.3, 0.4) is 0 Å². The van der Waals surface area contributed by atoms with Crippen molar-refractivity contribution in [2.45, 2.75) is 0 Å². The molecule has 0 saturated carbocycles. The summed E-state index contributed by atoms with van der Waals surface area (Å²) in [4.78, 5) is 2.38. The highest BCUT2D eigenvalue weighted by atomic mass is 16.3. The first kappa shape index (κ1) is 20.5. The van der Waals surface area contributed by atoms with Gasteiger partial charge in [0, 0.05) is 38.5 Å². The van der Waals surface area contributed by atoms with Gasteiger partial charge in [0.2, 0.25) is 0 Å². The highest BCUT2D eigenvalue weighted by molar-refractivity contribution is 6.27. The van der Waals surface area contributed by atoms with E-state index >= 15 is 0 Å². The Balaban J connectivity index is 1.74. The van der Waals surface area contributed by atoms with E-state index in [1.165, 1.54) is 5.56 Å². The first-order valence-corrected chi connectivity index (χ1v) is 12.2. The van der Waals surface area contributed by atoms with Gasteiger partial charge in [-0.25, -0.2) is 0 Å². The molecule has 2 nitrogen and oxygen atoms in total. The third-order valence-corrected chi connectivity index (χ3v) is 6.82. The minimum atomic E-state index is 0.901. The number of anilines is 3. The van der Waals surface area contributed by atoms with Gasteiger partial charge in [0.25, 0.3) is 0 Å². The molecule has 0 aliphatic heterocycles. The molecule has 0 radical (unpaired) electrons.